The van der Waals surface area contributed by atoms with Crippen LogP contribution in [-0.2, 0) is 9.53 Å². The maximum absolute atomic E-state index is 13.0. The van der Waals surface area contributed by atoms with Crippen molar-refractivity contribution in [3.63, 3.8) is 0 Å². The van der Waals surface area contributed by atoms with Crippen LogP contribution in [0, 0.1) is 18.8 Å². The predicted molar refractivity (Wildman–Crippen MR) is 145 cm³/mol. The summed E-state index contributed by atoms with van der Waals surface area (Å²) in [6.45, 7) is 7.79. The Morgan fingerprint density at radius 3 is 2.34 bits per heavy atom. The fourth-order valence-corrected chi connectivity index (χ4v) is 4.80. The minimum atomic E-state index is -0.536. The molecule has 0 unspecified atom stereocenters. The van der Waals surface area contributed by atoms with Crippen LogP contribution in [0.15, 0.2) is 51.7 Å². The summed E-state index contributed by atoms with van der Waals surface area (Å²) in [6.07, 6.45) is 2.57. The quantitative estimate of drug-likeness (QED) is 0.240. The molecule has 202 valence electrons. The number of nitrogens with one attached hydrogen (secondary N) is 1. The number of aryl methyl sites for hydroxylation is 1. The van der Waals surface area contributed by atoms with E-state index in [-0.39, 0.29) is 11.9 Å². The van der Waals surface area contributed by atoms with Crippen LogP contribution in [0.25, 0.3) is 22.1 Å². The Morgan fingerprint density at radius 1 is 1.03 bits per heavy atom. The van der Waals surface area contributed by atoms with Crippen LogP contribution in [0.2, 0.25) is 0 Å². The van der Waals surface area contributed by atoms with Crippen molar-refractivity contribution in [1.29, 1.82) is 0 Å². The number of amides is 1. The van der Waals surface area contributed by atoms with Gasteiger partial charge in [-0.15, -0.1) is 0 Å². The molecule has 8 nitrogen and oxygen atoms in total. The molecule has 0 atom stereocenters. The minimum Gasteiger partial charge on any atom is -0.497 e. The van der Waals surface area contributed by atoms with Gasteiger partial charge in [0.1, 0.15) is 22.7 Å². The second-order valence-corrected chi connectivity index (χ2v) is 10.8. The Labute approximate surface area is 222 Å². The van der Waals surface area contributed by atoms with Gasteiger partial charge in [0.2, 0.25) is 0 Å². The molecule has 1 amide bonds. The second kappa shape index (κ2) is 11.3. The number of rotatable bonds is 6. The van der Waals surface area contributed by atoms with Gasteiger partial charge in [-0.25, -0.2) is 9.59 Å². The van der Waals surface area contributed by atoms with Crippen molar-refractivity contribution in [2.45, 2.75) is 59.0 Å². The summed E-state index contributed by atoms with van der Waals surface area (Å²) in [4.78, 5) is 37.3. The van der Waals surface area contributed by atoms with Gasteiger partial charge in [0.05, 0.1) is 13.0 Å². The highest BCUT2D eigenvalue weighted by Crippen LogP contribution is 2.35. The van der Waals surface area contributed by atoms with E-state index >= 15 is 0 Å². The van der Waals surface area contributed by atoms with E-state index in [4.69, 9.17) is 18.6 Å². The smallest absolute Gasteiger partial charge is 0.407 e. The zero-order valence-corrected chi connectivity index (χ0v) is 22.6. The molecule has 1 aliphatic rings. The number of hydrogen-bond acceptors (Lipinski definition) is 7. The van der Waals surface area contributed by atoms with E-state index in [2.05, 4.69) is 5.32 Å². The first-order valence-corrected chi connectivity index (χ1v) is 12.9. The van der Waals surface area contributed by atoms with Gasteiger partial charge in [-0.05, 0) is 94.7 Å². The van der Waals surface area contributed by atoms with Crippen LogP contribution in [0.5, 0.6) is 11.5 Å². The van der Waals surface area contributed by atoms with Crippen LogP contribution >= 0.6 is 0 Å². The first kappa shape index (κ1) is 27.2. The second-order valence-electron chi connectivity index (χ2n) is 10.8. The van der Waals surface area contributed by atoms with Crippen LogP contribution < -0.4 is 20.4 Å². The maximum Gasteiger partial charge on any atom is 0.407 e. The van der Waals surface area contributed by atoms with Crippen LogP contribution in [0.4, 0.5) is 4.79 Å². The maximum atomic E-state index is 13.0. The summed E-state index contributed by atoms with van der Waals surface area (Å²) in [5.41, 5.74) is 1.56. The Balaban J connectivity index is 1.42. The molecule has 1 saturated carbocycles. The van der Waals surface area contributed by atoms with Crippen molar-refractivity contribution in [1.82, 2.24) is 5.32 Å². The number of ether oxygens (including phenoxy) is 3. The number of carbonyl (C=O) groups is 2. The van der Waals surface area contributed by atoms with E-state index in [1.165, 1.54) is 6.07 Å². The first-order chi connectivity index (χ1) is 18.0. The molecule has 0 saturated heterocycles. The monoisotopic (exact) mass is 521 g/mol. The number of carbonyl (C=O) groups excluding carboxylic acids is 2. The summed E-state index contributed by atoms with van der Waals surface area (Å²) >= 11 is 0. The summed E-state index contributed by atoms with van der Waals surface area (Å²) < 4.78 is 21.9. The number of hydrogen-bond donors (Lipinski definition) is 1. The van der Waals surface area contributed by atoms with Crippen LogP contribution in [0.3, 0.4) is 0 Å². The highest BCUT2D eigenvalue weighted by Gasteiger charge is 2.29. The topological polar surface area (TPSA) is 104 Å². The Morgan fingerprint density at radius 2 is 1.71 bits per heavy atom. The third-order valence-electron chi connectivity index (χ3n) is 6.84. The highest BCUT2D eigenvalue weighted by atomic mass is 16.6. The minimum absolute atomic E-state index is 0.222. The van der Waals surface area contributed by atoms with Gasteiger partial charge in [0.25, 0.3) is 0 Å². The van der Waals surface area contributed by atoms with Crippen molar-refractivity contribution in [2.75, 3.05) is 13.7 Å². The summed E-state index contributed by atoms with van der Waals surface area (Å²) in [5.74, 6) is 0.880. The molecular formula is C30H35NO7. The van der Waals surface area contributed by atoms with Gasteiger partial charge in [-0.1, -0.05) is 12.1 Å². The number of benzene rings is 2. The van der Waals surface area contributed by atoms with Crippen molar-refractivity contribution in [3.8, 4) is 22.6 Å². The number of alkyl carbamates (subject to hydrolysis) is 1. The number of fused-ring (bicyclic) bond motifs is 1. The summed E-state index contributed by atoms with van der Waals surface area (Å²) in [6, 6.07) is 12.5. The fraction of sp³-hybridized carbons (Fsp3) is 0.433. The van der Waals surface area contributed by atoms with E-state index in [0.717, 1.165) is 35.1 Å². The van der Waals surface area contributed by atoms with Gasteiger partial charge in [-0.2, -0.15) is 0 Å². The lowest BCUT2D eigenvalue weighted by Gasteiger charge is -2.28. The molecule has 1 aromatic heterocycles. The van der Waals surface area contributed by atoms with Gasteiger partial charge in [-0.3, -0.25) is 4.79 Å². The third kappa shape index (κ3) is 6.54. The average Bonchev–Trinajstić information content (AvgIpc) is 2.88. The van der Waals surface area contributed by atoms with Gasteiger partial charge in [0.15, 0.2) is 0 Å². The average molecular weight is 522 g/mol. The molecule has 0 aliphatic heterocycles. The molecule has 1 N–H and O–H groups in total. The van der Waals surface area contributed by atoms with Gasteiger partial charge >= 0.3 is 17.7 Å². The van der Waals surface area contributed by atoms with Crippen molar-refractivity contribution in [2.24, 2.45) is 11.8 Å². The standard InChI is InChI=1S/C30H35NO7/c1-18-25(36-28(33)21-8-6-19(7-9-21)17-31-29(34)38-30(2,3)4)15-14-23-24(16-26(32)37-27(18)23)20-10-12-22(35-5)13-11-20/h10-16,19,21H,6-9,17H2,1-5H3,(H,31,34). The molecule has 4 rings (SSSR count). The fourth-order valence-electron chi connectivity index (χ4n) is 4.80. The normalized spacial score (nSPS) is 17.6. The Kier molecular flexibility index (Phi) is 8.09. The van der Waals surface area contributed by atoms with E-state index in [1.807, 2.05) is 51.1 Å². The van der Waals surface area contributed by atoms with Crippen molar-refractivity contribution in [3.05, 3.63) is 58.4 Å². The van der Waals surface area contributed by atoms with Crippen molar-refractivity contribution < 1.29 is 28.2 Å². The molecule has 1 heterocycles. The molecule has 0 radical (unpaired) electrons. The van der Waals surface area contributed by atoms with E-state index in [9.17, 15) is 14.4 Å². The van der Waals surface area contributed by atoms with E-state index in [0.29, 0.717) is 42.2 Å². The lowest BCUT2D eigenvalue weighted by molar-refractivity contribution is -0.140. The highest BCUT2D eigenvalue weighted by molar-refractivity contribution is 5.96. The van der Waals surface area contributed by atoms with Crippen molar-refractivity contribution >= 4 is 23.0 Å². The number of esters is 1. The largest absolute Gasteiger partial charge is 0.497 e. The molecule has 1 aliphatic carbocycles. The molecule has 0 bridgehead atoms. The molecule has 38 heavy (non-hydrogen) atoms. The zero-order valence-electron chi connectivity index (χ0n) is 22.6. The lowest BCUT2D eigenvalue weighted by Crippen LogP contribution is -2.36. The van der Waals surface area contributed by atoms with Gasteiger partial charge < -0.3 is 23.9 Å². The molecule has 0 spiro atoms. The van der Waals surface area contributed by atoms with E-state index < -0.39 is 17.3 Å². The van der Waals surface area contributed by atoms with E-state index in [1.54, 1.807) is 20.1 Å². The molecule has 1 fully saturated rings. The molecule has 8 heteroatoms. The first-order valence-electron chi connectivity index (χ1n) is 12.9. The zero-order chi connectivity index (χ0) is 27.4. The van der Waals surface area contributed by atoms with Crippen LogP contribution in [-0.4, -0.2) is 31.3 Å². The SMILES string of the molecule is COc1ccc(-c2cc(=O)oc3c(C)c(OC(=O)C4CCC(CNC(=O)OC(C)(C)C)CC4)ccc23)cc1. The summed E-state index contributed by atoms with van der Waals surface area (Å²) in [7, 11) is 1.60. The molecular weight excluding hydrogens is 486 g/mol. The lowest BCUT2D eigenvalue weighted by atomic mass is 9.82. The Bertz CT molecular complexity index is 1360. The Hall–Kier alpha value is -3.81. The third-order valence-corrected chi connectivity index (χ3v) is 6.84. The van der Waals surface area contributed by atoms with Gasteiger partial charge in [0, 0.05) is 23.6 Å². The summed E-state index contributed by atoms with van der Waals surface area (Å²) in [5, 5.41) is 3.58. The predicted octanol–water partition coefficient (Wildman–Crippen LogP) is 6.01. The number of methoxy groups -OCH3 is 1. The van der Waals surface area contributed by atoms with Crippen LogP contribution in [0.1, 0.15) is 52.0 Å². The molecule has 3 aromatic rings. The molecule has 2 aromatic carbocycles.